The number of carbonyl (C=O) groups is 1. The Bertz CT molecular complexity index is 1840. The summed E-state index contributed by atoms with van der Waals surface area (Å²) in [5, 5.41) is 5.35. The van der Waals surface area contributed by atoms with Crippen LogP contribution < -0.4 is 14.6 Å². The van der Waals surface area contributed by atoms with Crippen molar-refractivity contribution in [2.75, 3.05) is 30.1 Å². The number of likely N-dealkylation sites (tertiary alicyclic amines) is 1. The number of nitrogen functional groups attached to an aromatic ring is 1. The molecule has 5 rings (SSSR count). The zero-order valence-electron chi connectivity index (χ0n) is 27.3. The zero-order valence-corrected chi connectivity index (χ0v) is 29.0. The van der Waals surface area contributed by atoms with E-state index < -0.39 is 16.7 Å². The zero-order chi connectivity index (χ0) is 34.9. The minimum atomic E-state index is -3.10. The van der Waals surface area contributed by atoms with Gasteiger partial charge in [0, 0.05) is 31.1 Å². The number of carbonyl (C=O) groups excluding carboxylic acids is 1. The number of fused-ring (bicyclic) bond motifs is 1. The quantitative estimate of drug-likeness (QED) is 0.0500. The summed E-state index contributed by atoms with van der Waals surface area (Å²) in [4.78, 5) is 17.4. The van der Waals surface area contributed by atoms with E-state index in [4.69, 9.17) is 15.0 Å². The van der Waals surface area contributed by atoms with Crippen molar-refractivity contribution in [2.24, 2.45) is 13.0 Å². The number of aromatic nitrogens is 3. The summed E-state index contributed by atoms with van der Waals surface area (Å²) in [5.74, 6) is 3.91. The van der Waals surface area contributed by atoms with Crippen LogP contribution in [0.3, 0.4) is 0 Å². The Morgan fingerprint density at radius 2 is 1.96 bits per heavy atom. The van der Waals surface area contributed by atoms with Crippen molar-refractivity contribution in [3.8, 4) is 28.8 Å². The highest BCUT2D eigenvalue weighted by molar-refractivity contribution is 8.22. The Morgan fingerprint density at radius 3 is 2.67 bits per heavy atom. The number of nitrogens with two attached hydrogens (primary N) is 1. The fourth-order valence-electron chi connectivity index (χ4n) is 5.77. The average Bonchev–Trinajstić information content (AvgIpc) is 3.45. The van der Waals surface area contributed by atoms with E-state index in [1.165, 1.54) is 18.2 Å². The van der Waals surface area contributed by atoms with Crippen LogP contribution in [0.5, 0.6) is 5.75 Å². The van der Waals surface area contributed by atoms with Crippen LogP contribution in [0.1, 0.15) is 43.2 Å². The predicted octanol–water partition coefficient (Wildman–Crippen LogP) is 6.52. The molecule has 2 aromatic carbocycles. The first-order chi connectivity index (χ1) is 23.6. The molecule has 1 unspecified atom stereocenters. The number of benzene rings is 2. The number of rotatable bonds is 14. The van der Waals surface area contributed by atoms with Gasteiger partial charge >= 0.3 is 5.76 Å². The standard InChI is InChI=1S/C34H38BF3N6O3S2/c1-35(21-24-7-11-27(36)12-8-24)48-47-29-20-25(10-13-28(29)42-49(46)34(37)38)31-30-32(43(2)41-31)26(22-40-33(30)39)9-6-23-14-17-44(18-15-23)16-4-3-5-19-45/h7-8,10-13,19-20,22-23,34,42H,3-5,14-18,21H2,1-2H3,(H2,39,40). The van der Waals surface area contributed by atoms with E-state index in [0.29, 0.717) is 40.5 Å². The summed E-state index contributed by atoms with van der Waals surface area (Å²) in [6.45, 7) is 4.85. The van der Waals surface area contributed by atoms with Gasteiger partial charge in [-0.15, -0.1) is 0 Å². The lowest BCUT2D eigenvalue weighted by Gasteiger charge is -2.29. The van der Waals surface area contributed by atoms with Gasteiger partial charge in [-0.1, -0.05) is 42.4 Å². The Labute approximate surface area is 291 Å². The van der Waals surface area contributed by atoms with Crippen LogP contribution in [0.25, 0.3) is 22.2 Å². The van der Waals surface area contributed by atoms with E-state index in [9.17, 15) is 22.2 Å². The molecule has 1 aliphatic rings. The third-order valence-electron chi connectivity index (χ3n) is 8.30. The molecule has 1 saturated heterocycles. The lowest BCUT2D eigenvalue weighted by molar-refractivity contribution is -0.107. The van der Waals surface area contributed by atoms with Crippen LogP contribution >= 0.6 is 11.9 Å². The highest BCUT2D eigenvalue weighted by Gasteiger charge is 2.22. The van der Waals surface area contributed by atoms with Gasteiger partial charge in [0.25, 0.3) is 5.99 Å². The number of piperidine rings is 1. The molecule has 0 radical (unpaired) electrons. The molecule has 0 amide bonds. The predicted molar refractivity (Wildman–Crippen MR) is 192 cm³/mol. The second-order valence-electron chi connectivity index (χ2n) is 12.0. The summed E-state index contributed by atoms with van der Waals surface area (Å²) in [6, 6.07) is 11.0. The number of halogens is 3. The van der Waals surface area contributed by atoms with Crippen LogP contribution in [-0.2, 0) is 29.1 Å². The molecule has 49 heavy (non-hydrogen) atoms. The van der Waals surface area contributed by atoms with Crippen molar-refractivity contribution in [1.29, 1.82) is 0 Å². The molecule has 2 aromatic heterocycles. The van der Waals surface area contributed by atoms with Crippen molar-refractivity contribution < 1.29 is 26.4 Å². The van der Waals surface area contributed by atoms with Crippen molar-refractivity contribution in [3.63, 3.8) is 0 Å². The van der Waals surface area contributed by atoms with Crippen LogP contribution in [0, 0.1) is 23.6 Å². The molecule has 0 saturated carbocycles. The molecule has 258 valence electrons. The summed E-state index contributed by atoms with van der Waals surface area (Å²) in [7, 11) is -0.857. The van der Waals surface area contributed by atoms with Crippen LogP contribution in [0.15, 0.2) is 48.7 Å². The summed E-state index contributed by atoms with van der Waals surface area (Å²) in [5.41, 5.74) is 9.93. The van der Waals surface area contributed by atoms with Gasteiger partial charge in [-0.3, -0.25) is 9.40 Å². The minimum Gasteiger partial charge on any atom is -0.436 e. The number of aldehydes is 1. The monoisotopic (exact) mass is 710 g/mol. The van der Waals surface area contributed by atoms with E-state index in [-0.39, 0.29) is 35.0 Å². The van der Waals surface area contributed by atoms with E-state index in [0.717, 1.165) is 69.1 Å². The Hall–Kier alpha value is -4.00. The van der Waals surface area contributed by atoms with E-state index >= 15 is 0 Å². The average molecular weight is 711 g/mol. The fraction of sp³-hybridized carbons (Fsp3) is 0.382. The molecular formula is C34H38BF3N6O3S2. The molecule has 0 aliphatic carbocycles. The SMILES string of the molecule is CB(Cc1ccc(F)cc1)SOc1cc(-c2nn(C)c3c(C#CC4CCN(CCCCC=O)CC4)cnc(N)c23)ccc1NS(=O)C(F)F. The van der Waals surface area contributed by atoms with Gasteiger partial charge in [-0.2, -0.15) is 13.9 Å². The van der Waals surface area contributed by atoms with Gasteiger partial charge in [-0.25, -0.2) is 13.6 Å². The molecule has 4 aromatic rings. The van der Waals surface area contributed by atoms with Crippen molar-refractivity contribution in [3.05, 3.63) is 65.6 Å². The summed E-state index contributed by atoms with van der Waals surface area (Å²) < 4.78 is 61.9. The molecule has 3 N–H and O–H groups in total. The van der Waals surface area contributed by atoms with Crippen LogP contribution in [0.4, 0.5) is 24.7 Å². The Morgan fingerprint density at radius 1 is 1.20 bits per heavy atom. The van der Waals surface area contributed by atoms with E-state index in [1.807, 2.05) is 6.82 Å². The molecule has 1 atom stereocenters. The molecule has 0 bridgehead atoms. The number of anilines is 2. The van der Waals surface area contributed by atoms with Crippen molar-refractivity contribution in [1.82, 2.24) is 19.7 Å². The number of nitrogens with one attached hydrogen (secondary N) is 1. The third-order valence-corrected chi connectivity index (χ3v) is 9.82. The first-order valence-corrected chi connectivity index (χ1v) is 18.1. The molecule has 3 heterocycles. The van der Waals surface area contributed by atoms with Gasteiger partial charge in [-0.05, 0) is 87.8 Å². The molecule has 0 spiro atoms. The second kappa shape index (κ2) is 17.1. The fourth-order valence-corrected chi connectivity index (χ4v) is 6.91. The highest BCUT2D eigenvalue weighted by atomic mass is 32.2. The number of unbranched alkanes of at least 4 members (excludes halogenated alkanes) is 2. The van der Waals surface area contributed by atoms with Crippen molar-refractivity contribution >= 4 is 57.6 Å². The number of hydrogen-bond donors (Lipinski definition) is 2. The maximum absolute atomic E-state index is 13.4. The summed E-state index contributed by atoms with van der Waals surface area (Å²) in [6.07, 6.45) is 7.66. The van der Waals surface area contributed by atoms with Crippen LogP contribution in [0.2, 0.25) is 6.82 Å². The second-order valence-corrected chi connectivity index (χ2v) is 14.3. The topological polar surface area (TPSA) is 115 Å². The van der Waals surface area contributed by atoms with Gasteiger partial charge in [0.2, 0.25) is 0 Å². The normalized spacial score (nSPS) is 14.4. The first kappa shape index (κ1) is 36.3. The Kier molecular flexibility index (Phi) is 12.7. The maximum atomic E-state index is 13.4. The van der Waals surface area contributed by atoms with Gasteiger partial charge in [0.15, 0.2) is 16.7 Å². The lowest BCUT2D eigenvalue weighted by atomic mass is 9.73. The highest BCUT2D eigenvalue weighted by Crippen LogP contribution is 2.38. The first-order valence-electron chi connectivity index (χ1n) is 16.1. The number of pyridine rings is 1. The number of alkyl halides is 2. The van der Waals surface area contributed by atoms with E-state index in [1.54, 1.807) is 42.2 Å². The largest absolute Gasteiger partial charge is 0.436 e. The van der Waals surface area contributed by atoms with Gasteiger partial charge in [0.1, 0.15) is 23.6 Å². The Balaban J connectivity index is 1.38. The molecule has 1 fully saturated rings. The molecule has 15 heteroatoms. The number of hydrogen-bond acceptors (Lipinski definition) is 8. The number of nitrogens with zero attached hydrogens (tertiary/aromatic N) is 4. The summed E-state index contributed by atoms with van der Waals surface area (Å²) >= 11 is 1.11. The maximum Gasteiger partial charge on any atom is 0.330 e. The van der Waals surface area contributed by atoms with Gasteiger partial charge in [0.05, 0.1) is 22.2 Å². The molecule has 9 nitrogen and oxygen atoms in total. The van der Waals surface area contributed by atoms with Crippen molar-refractivity contribution in [2.45, 2.75) is 51.0 Å². The molecular weight excluding hydrogens is 672 g/mol. The van der Waals surface area contributed by atoms with E-state index in [2.05, 4.69) is 26.4 Å². The minimum absolute atomic E-state index is 0.0973. The third kappa shape index (κ3) is 9.58. The van der Waals surface area contributed by atoms with Crippen LogP contribution in [-0.4, -0.2) is 61.5 Å². The lowest BCUT2D eigenvalue weighted by Crippen LogP contribution is -2.34. The van der Waals surface area contributed by atoms with Gasteiger partial charge < -0.3 is 19.6 Å². The smallest absolute Gasteiger partial charge is 0.330 e. The molecule has 1 aliphatic heterocycles. The number of aryl methyl sites for hydroxylation is 1.